The van der Waals surface area contributed by atoms with Gasteiger partial charge in [0.25, 0.3) is 0 Å². The summed E-state index contributed by atoms with van der Waals surface area (Å²) >= 11 is 0. The summed E-state index contributed by atoms with van der Waals surface area (Å²) < 4.78 is 46.8. The highest BCUT2D eigenvalue weighted by Gasteiger charge is 2.31. The molecule has 2 heterocycles. The SMILES string of the molecule is CC(=O)Nc1cc(Nc2ncnc(N3CCC(OCc4ccc(OC(F)(F)F)cc4)CC3)n2)ccc1C1CC1. The Morgan fingerprint density at radius 2 is 1.79 bits per heavy atom. The van der Waals surface area contributed by atoms with Crippen LogP contribution < -0.4 is 20.3 Å². The molecule has 3 aromatic rings. The van der Waals surface area contributed by atoms with Crippen LogP contribution in [0.1, 0.15) is 49.7 Å². The number of anilines is 4. The molecule has 0 spiro atoms. The Morgan fingerprint density at radius 3 is 2.46 bits per heavy atom. The molecule has 0 radical (unpaired) electrons. The number of rotatable bonds is 9. The van der Waals surface area contributed by atoms with Crippen molar-refractivity contribution in [2.75, 3.05) is 28.6 Å². The Morgan fingerprint density at radius 1 is 1.05 bits per heavy atom. The van der Waals surface area contributed by atoms with Crippen LogP contribution in [-0.4, -0.2) is 46.4 Å². The molecule has 5 rings (SSSR count). The average molecular weight is 543 g/mol. The third-order valence-electron chi connectivity index (χ3n) is 6.56. The molecular formula is C27H29F3N6O3. The third-order valence-corrected chi connectivity index (χ3v) is 6.56. The molecule has 2 fully saturated rings. The second-order valence-corrected chi connectivity index (χ2v) is 9.68. The van der Waals surface area contributed by atoms with Gasteiger partial charge in [0, 0.05) is 31.4 Å². The van der Waals surface area contributed by atoms with Crippen LogP contribution >= 0.6 is 0 Å². The molecule has 0 bridgehead atoms. The minimum atomic E-state index is -4.71. The van der Waals surface area contributed by atoms with Crippen molar-refractivity contribution < 1.29 is 27.4 Å². The summed E-state index contributed by atoms with van der Waals surface area (Å²) in [7, 11) is 0. The number of amides is 1. The molecule has 2 aliphatic rings. The number of carbonyl (C=O) groups excluding carboxylic acids is 1. The monoisotopic (exact) mass is 542 g/mol. The van der Waals surface area contributed by atoms with E-state index in [9.17, 15) is 18.0 Å². The van der Waals surface area contributed by atoms with Gasteiger partial charge in [0.15, 0.2) is 0 Å². The lowest BCUT2D eigenvalue weighted by atomic mass is 10.1. The van der Waals surface area contributed by atoms with Crippen molar-refractivity contribution in [3.05, 3.63) is 59.9 Å². The molecule has 1 saturated carbocycles. The van der Waals surface area contributed by atoms with Crippen LogP contribution in [0.4, 0.5) is 36.4 Å². The Labute approximate surface area is 223 Å². The van der Waals surface area contributed by atoms with Crippen LogP contribution in [0.3, 0.4) is 0 Å². The van der Waals surface area contributed by atoms with Gasteiger partial charge in [-0.25, -0.2) is 9.97 Å². The van der Waals surface area contributed by atoms with Gasteiger partial charge in [0.2, 0.25) is 17.8 Å². The lowest BCUT2D eigenvalue weighted by molar-refractivity contribution is -0.274. The first-order chi connectivity index (χ1) is 18.7. The Kier molecular flexibility index (Phi) is 7.82. The molecule has 39 heavy (non-hydrogen) atoms. The average Bonchev–Trinajstić information content (AvgIpc) is 3.73. The fraction of sp³-hybridized carbons (Fsp3) is 0.407. The van der Waals surface area contributed by atoms with E-state index in [2.05, 4.69) is 35.2 Å². The first-order valence-electron chi connectivity index (χ1n) is 12.8. The van der Waals surface area contributed by atoms with E-state index in [0.29, 0.717) is 37.5 Å². The highest BCUT2D eigenvalue weighted by Crippen LogP contribution is 2.44. The Balaban J connectivity index is 1.13. The van der Waals surface area contributed by atoms with Gasteiger partial charge in [-0.15, -0.1) is 13.2 Å². The topological polar surface area (TPSA) is 102 Å². The summed E-state index contributed by atoms with van der Waals surface area (Å²) in [6.07, 6.45) is 0.548. The lowest BCUT2D eigenvalue weighted by Crippen LogP contribution is -2.38. The van der Waals surface area contributed by atoms with Crippen molar-refractivity contribution >= 4 is 29.2 Å². The highest BCUT2D eigenvalue weighted by atomic mass is 19.4. The van der Waals surface area contributed by atoms with Crippen molar-refractivity contribution in [3.63, 3.8) is 0 Å². The van der Waals surface area contributed by atoms with E-state index in [1.807, 2.05) is 18.2 Å². The fourth-order valence-electron chi connectivity index (χ4n) is 4.54. The van der Waals surface area contributed by atoms with Crippen LogP contribution in [0.15, 0.2) is 48.8 Å². The van der Waals surface area contributed by atoms with Crippen LogP contribution in [0.25, 0.3) is 0 Å². The third kappa shape index (κ3) is 7.56. The quantitative estimate of drug-likeness (QED) is 0.364. The zero-order chi connectivity index (χ0) is 27.4. The number of alkyl halides is 3. The maximum absolute atomic E-state index is 12.3. The fourth-order valence-corrected chi connectivity index (χ4v) is 4.54. The van der Waals surface area contributed by atoms with E-state index in [1.165, 1.54) is 25.4 Å². The van der Waals surface area contributed by atoms with Gasteiger partial charge in [-0.2, -0.15) is 4.98 Å². The molecule has 1 saturated heterocycles. The normalized spacial score (nSPS) is 16.2. The molecule has 0 unspecified atom stereocenters. The number of piperidine rings is 1. The zero-order valence-electron chi connectivity index (χ0n) is 21.4. The summed E-state index contributed by atoms with van der Waals surface area (Å²) in [5, 5.41) is 6.13. The van der Waals surface area contributed by atoms with Crippen LogP contribution in [0, 0.1) is 0 Å². The van der Waals surface area contributed by atoms with Crippen LogP contribution in [-0.2, 0) is 16.1 Å². The smallest absolute Gasteiger partial charge is 0.406 e. The van der Waals surface area contributed by atoms with Crippen molar-refractivity contribution in [1.29, 1.82) is 0 Å². The standard InChI is InChI=1S/C27H29F3N6O3/c1-17(37)33-24-14-20(6-9-23(24)19-4-5-19)34-25-31-16-32-26(35-25)36-12-10-21(11-13-36)38-15-18-2-7-22(8-3-18)39-27(28,29)30/h2-3,6-9,14,16,19,21H,4-5,10-13,15H2,1H3,(H,33,37)(H,31,32,34,35). The largest absolute Gasteiger partial charge is 0.573 e. The number of aromatic nitrogens is 3. The number of ether oxygens (including phenoxy) is 2. The molecule has 1 aromatic heterocycles. The first kappa shape index (κ1) is 26.7. The minimum absolute atomic E-state index is 0.0176. The first-order valence-corrected chi connectivity index (χ1v) is 12.8. The maximum Gasteiger partial charge on any atom is 0.573 e. The summed E-state index contributed by atoms with van der Waals surface area (Å²) in [6.45, 7) is 3.18. The van der Waals surface area contributed by atoms with Gasteiger partial charge in [0.1, 0.15) is 12.1 Å². The Bertz CT molecular complexity index is 1290. The van der Waals surface area contributed by atoms with E-state index in [-0.39, 0.29) is 17.8 Å². The predicted molar refractivity (Wildman–Crippen MR) is 139 cm³/mol. The number of nitrogens with one attached hydrogen (secondary N) is 2. The van der Waals surface area contributed by atoms with E-state index >= 15 is 0 Å². The van der Waals surface area contributed by atoms with Crippen molar-refractivity contribution in [1.82, 2.24) is 15.0 Å². The van der Waals surface area contributed by atoms with Crippen LogP contribution in [0.5, 0.6) is 5.75 Å². The number of halogens is 3. The van der Waals surface area contributed by atoms with Crippen molar-refractivity contribution in [2.45, 2.75) is 57.6 Å². The number of nitrogens with zero attached hydrogens (tertiary/aromatic N) is 4. The summed E-state index contributed by atoms with van der Waals surface area (Å²) in [6, 6.07) is 11.6. The van der Waals surface area contributed by atoms with E-state index in [0.717, 1.165) is 48.2 Å². The second-order valence-electron chi connectivity index (χ2n) is 9.68. The van der Waals surface area contributed by atoms with Gasteiger partial charge in [-0.05, 0) is 67.0 Å². The lowest BCUT2D eigenvalue weighted by Gasteiger charge is -2.32. The number of hydrogen-bond acceptors (Lipinski definition) is 8. The highest BCUT2D eigenvalue weighted by molar-refractivity contribution is 5.90. The molecule has 1 aliphatic heterocycles. The van der Waals surface area contributed by atoms with Crippen molar-refractivity contribution in [3.8, 4) is 5.75 Å². The van der Waals surface area contributed by atoms with Gasteiger partial charge in [-0.3, -0.25) is 4.79 Å². The molecule has 2 aromatic carbocycles. The van der Waals surface area contributed by atoms with Crippen LogP contribution in [0.2, 0.25) is 0 Å². The summed E-state index contributed by atoms with van der Waals surface area (Å²) in [5.74, 6) is 1.09. The zero-order valence-corrected chi connectivity index (χ0v) is 21.4. The predicted octanol–water partition coefficient (Wildman–Crippen LogP) is 5.54. The molecule has 1 amide bonds. The molecule has 1 aliphatic carbocycles. The van der Waals surface area contributed by atoms with E-state index < -0.39 is 6.36 Å². The maximum atomic E-state index is 12.3. The molecular weight excluding hydrogens is 513 g/mol. The number of hydrogen-bond donors (Lipinski definition) is 2. The van der Waals surface area contributed by atoms with Gasteiger partial charge in [0.05, 0.1) is 12.7 Å². The summed E-state index contributed by atoms with van der Waals surface area (Å²) in [5.41, 5.74) is 3.49. The molecule has 206 valence electrons. The number of benzene rings is 2. The second kappa shape index (κ2) is 11.4. The molecule has 2 N–H and O–H groups in total. The molecule has 9 nitrogen and oxygen atoms in total. The van der Waals surface area contributed by atoms with E-state index in [4.69, 9.17) is 4.74 Å². The van der Waals surface area contributed by atoms with E-state index in [1.54, 1.807) is 12.1 Å². The minimum Gasteiger partial charge on any atom is -0.406 e. The number of carbonyl (C=O) groups is 1. The van der Waals surface area contributed by atoms with Gasteiger partial charge >= 0.3 is 6.36 Å². The summed E-state index contributed by atoms with van der Waals surface area (Å²) in [4.78, 5) is 26.9. The van der Waals surface area contributed by atoms with Crippen molar-refractivity contribution in [2.24, 2.45) is 0 Å². The van der Waals surface area contributed by atoms with Gasteiger partial charge < -0.3 is 25.0 Å². The van der Waals surface area contributed by atoms with Gasteiger partial charge in [-0.1, -0.05) is 18.2 Å². The Hall–Kier alpha value is -3.93. The molecule has 0 atom stereocenters. The molecule has 12 heteroatoms.